The first kappa shape index (κ1) is 24.2. The lowest BCUT2D eigenvalue weighted by Crippen LogP contribution is -2.49. The maximum atomic E-state index is 13.4. The third kappa shape index (κ3) is 4.68. The lowest BCUT2D eigenvalue weighted by atomic mass is 10.0. The van der Waals surface area contributed by atoms with E-state index >= 15 is 0 Å². The van der Waals surface area contributed by atoms with E-state index in [1.165, 1.54) is 21.7 Å². The number of amides is 1. The molecular formula is C22H22ClN5O4S3. The van der Waals surface area contributed by atoms with Gasteiger partial charge in [-0.25, -0.2) is 13.4 Å². The SMILES string of the molecule is COc1ccc2sc(-n3nc(C)cc3NC(=O)C3CCCCN3S(=O)(=O)c3ccc(Cl)s3)nc2c1. The van der Waals surface area contributed by atoms with Crippen LogP contribution < -0.4 is 10.1 Å². The zero-order chi connectivity index (χ0) is 24.7. The number of anilines is 1. The smallest absolute Gasteiger partial charge is 0.253 e. The average Bonchev–Trinajstić information content (AvgIpc) is 3.56. The monoisotopic (exact) mass is 551 g/mol. The van der Waals surface area contributed by atoms with Gasteiger partial charge in [0.15, 0.2) is 0 Å². The molecule has 0 saturated carbocycles. The number of carbonyl (C=O) groups excluding carboxylic acids is 1. The molecule has 0 radical (unpaired) electrons. The number of fused-ring (bicyclic) bond motifs is 1. The largest absolute Gasteiger partial charge is 0.497 e. The summed E-state index contributed by atoms with van der Waals surface area (Å²) in [4.78, 5) is 18.0. The maximum absolute atomic E-state index is 13.4. The molecule has 0 bridgehead atoms. The van der Waals surface area contributed by atoms with Crippen LogP contribution in [-0.2, 0) is 14.8 Å². The lowest BCUT2D eigenvalue weighted by Gasteiger charge is -2.33. The van der Waals surface area contributed by atoms with Crippen LogP contribution >= 0.6 is 34.3 Å². The van der Waals surface area contributed by atoms with Crippen molar-refractivity contribution in [2.75, 3.05) is 19.0 Å². The van der Waals surface area contributed by atoms with Crippen LogP contribution in [0.1, 0.15) is 25.0 Å². The number of benzene rings is 1. The summed E-state index contributed by atoms with van der Waals surface area (Å²) in [7, 11) is -2.25. The van der Waals surface area contributed by atoms with Gasteiger partial charge in [0.25, 0.3) is 10.0 Å². The Balaban J connectivity index is 1.44. The Kier molecular flexibility index (Phi) is 6.57. The van der Waals surface area contributed by atoms with Gasteiger partial charge in [-0.1, -0.05) is 29.4 Å². The molecule has 1 unspecified atom stereocenters. The molecule has 1 aromatic carbocycles. The highest BCUT2D eigenvalue weighted by Crippen LogP contribution is 2.33. The van der Waals surface area contributed by atoms with E-state index < -0.39 is 22.0 Å². The molecule has 35 heavy (non-hydrogen) atoms. The molecular weight excluding hydrogens is 530 g/mol. The molecule has 0 spiro atoms. The highest BCUT2D eigenvalue weighted by Gasteiger charge is 2.38. The fourth-order valence-corrected chi connectivity index (χ4v) is 8.24. The number of thiazole rings is 1. The van der Waals surface area contributed by atoms with Crippen molar-refractivity contribution < 1.29 is 17.9 Å². The van der Waals surface area contributed by atoms with Gasteiger partial charge in [-0.15, -0.1) is 11.3 Å². The summed E-state index contributed by atoms with van der Waals surface area (Å²) in [6, 6.07) is 9.56. The van der Waals surface area contributed by atoms with Crippen LogP contribution in [0.4, 0.5) is 5.82 Å². The molecule has 1 amide bonds. The van der Waals surface area contributed by atoms with Gasteiger partial charge in [0.05, 0.1) is 27.4 Å². The summed E-state index contributed by atoms with van der Waals surface area (Å²) < 4.78 is 36.2. The van der Waals surface area contributed by atoms with Gasteiger partial charge in [-0.3, -0.25) is 4.79 Å². The molecule has 1 aliphatic rings. The highest BCUT2D eigenvalue weighted by atomic mass is 35.5. The number of thiophene rings is 1. The summed E-state index contributed by atoms with van der Waals surface area (Å²) in [5.74, 6) is 0.727. The number of ether oxygens (including phenoxy) is 1. The number of methoxy groups -OCH3 is 1. The summed E-state index contributed by atoms with van der Waals surface area (Å²) in [6.45, 7) is 2.09. The van der Waals surface area contributed by atoms with Crippen LogP contribution in [0.25, 0.3) is 15.3 Å². The fraction of sp³-hybridized carbons (Fsp3) is 0.318. The van der Waals surface area contributed by atoms with E-state index in [9.17, 15) is 13.2 Å². The Labute approximate surface area is 215 Å². The first-order valence-electron chi connectivity index (χ1n) is 10.9. The zero-order valence-corrected chi connectivity index (χ0v) is 22.1. The molecule has 0 aliphatic carbocycles. The second-order valence-corrected chi connectivity index (χ2v) is 12.9. The van der Waals surface area contributed by atoms with Crippen LogP contribution in [0, 0.1) is 6.92 Å². The Hall–Kier alpha value is -2.51. The van der Waals surface area contributed by atoms with Crippen molar-refractivity contribution in [2.45, 2.75) is 36.4 Å². The summed E-state index contributed by atoms with van der Waals surface area (Å²) in [5.41, 5.74) is 1.45. The number of hydrogen-bond acceptors (Lipinski definition) is 8. The number of halogens is 1. The molecule has 1 N–H and O–H groups in total. The number of aromatic nitrogens is 3. The second-order valence-electron chi connectivity index (χ2n) is 8.09. The molecule has 9 nitrogen and oxygen atoms in total. The number of hydrogen-bond donors (Lipinski definition) is 1. The van der Waals surface area contributed by atoms with Gasteiger partial charge in [0.2, 0.25) is 11.0 Å². The third-order valence-electron chi connectivity index (χ3n) is 5.72. The van der Waals surface area contributed by atoms with Crippen molar-refractivity contribution in [2.24, 2.45) is 0 Å². The van der Waals surface area contributed by atoms with E-state index in [-0.39, 0.29) is 10.8 Å². The summed E-state index contributed by atoms with van der Waals surface area (Å²) >= 11 is 8.39. The predicted octanol–water partition coefficient (Wildman–Crippen LogP) is 4.70. The van der Waals surface area contributed by atoms with Crippen molar-refractivity contribution in [1.29, 1.82) is 0 Å². The van der Waals surface area contributed by atoms with Gasteiger partial charge < -0.3 is 10.1 Å². The Morgan fingerprint density at radius 3 is 2.77 bits per heavy atom. The second kappa shape index (κ2) is 9.51. The minimum atomic E-state index is -3.85. The van der Waals surface area contributed by atoms with E-state index in [0.717, 1.165) is 28.0 Å². The molecule has 1 aliphatic heterocycles. The minimum absolute atomic E-state index is 0.132. The van der Waals surface area contributed by atoms with E-state index in [2.05, 4.69) is 15.4 Å². The highest BCUT2D eigenvalue weighted by molar-refractivity contribution is 7.91. The van der Waals surface area contributed by atoms with E-state index in [4.69, 9.17) is 16.3 Å². The Bertz CT molecular complexity index is 1510. The van der Waals surface area contributed by atoms with Gasteiger partial charge in [-0.2, -0.15) is 14.1 Å². The topological polar surface area (TPSA) is 106 Å². The van der Waals surface area contributed by atoms with Gasteiger partial charge in [-0.05, 0) is 44.0 Å². The van der Waals surface area contributed by atoms with Crippen LogP contribution in [0.3, 0.4) is 0 Å². The van der Waals surface area contributed by atoms with E-state index in [1.54, 1.807) is 23.9 Å². The van der Waals surface area contributed by atoms with Gasteiger partial charge in [0, 0.05) is 18.7 Å². The summed E-state index contributed by atoms with van der Waals surface area (Å²) in [6.07, 6.45) is 1.87. The predicted molar refractivity (Wildman–Crippen MR) is 138 cm³/mol. The normalized spacial score (nSPS) is 17.1. The summed E-state index contributed by atoms with van der Waals surface area (Å²) in [5, 5.41) is 7.99. The number of aryl methyl sites for hydroxylation is 1. The molecule has 13 heteroatoms. The zero-order valence-electron chi connectivity index (χ0n) is 18.9. The minimum Gasteiger partial charge on any atom is -0.497 e. The van der Waals surface area contributed by atoms with Crippen molar-refractivity contribution >= 4 is 66.2 Å². The van der Waals surface area contributed by atoms with Crippen molar-refractivity contribution in [3.63, 3.8) is 0 Å². The standard InChI is InChI=1S/C22H22ClN5O4S3/c1-13-11-19(28(26-13)22-24-15-12-14(32-2)6-7-17(15)33-22)25-21(29)16-5-3-4-10-27(16)35(30,31)20-9-8-18(23)34-20/h6-9,11-12,16H,3-5,10H2,1-2H3,(H,25,29). The fourth-order valence-electron chi connectivity index (χ4n) is 4.06. The number of rotatable bonds is 6. The van der Waals surface area contributed by atoms with Crippen LogP contribution in [0.5, 0.6) is 5.75 Å². The Morgan fingerprint density at radius 1 is 1.20 bits per heavy atom. The van der Waals surface area contributed by atoms with E-state index in [1.807, 2.05) is 25.1 Å². The van der Waals surface area contributed by atoms with Crippen molar-refractivity contribution in [3.8, 4) is 10.9 Å². The molecule has 5 rings (SSSR count). The van der Waals surface area contributed by atoms with Crippen molar-refractivity contribution in [3.05, 3.63) is 46.4 Å². The van der Waals surface area contributed by atoms with E-state index in [0.29, 0.717) is 39.6 Å². The molecule has 4 aromatic rings. The van der Waals surface area contributed by atoms with Crippen LogP contribution in [-0.4, -0.2) is 53.1 Å². The molecule has 1 saturated heterocycles. The van der Waals surface area contributed by atoms with Gasteiger partial charge >= 0.3 is 0 Å². The molecule has 3 aromatic heterocycles. The number of sulfonamides is 1. The first-order valence-corrected chi connectivity index (χ1v) is 14.3. The molecule has 1 atom stereocenters. The van der Waals surface area contributed by atoms with Gasteiger partial charge in [0.1, 0.15) is 21.8 Å². The van der Waals surface area contributed by atoms with Crippen molar-refractivity contribution in [1.82, 2.24) is 19.1 Å². The number of nitrogens with zero attached hydrogens (tertiary/aromatic N) is 4. The maximum Gasteiger partial charge on any atom is 0.253 e. The van der Waals surface area contributed by atoms with Crippen LogP contribution in [0.15, 0.2) is 40.6 Å². The number of carbonyl (C=O) groups is 1. The molecule has 184 valence electrons. The first-order chi connectivity index (χ1) is 16.8. The number of nitrogens with one attached hydrogen (secondary N) is 1. The average molecular weight is 552 g/mol. The molecule has 1 fully saturated rings. The van der Waals surface area contributed by atoms with Crippen LogP contribution in [0.2, 0.25) is 4.34 Å². The lowest BCUT2D eigenvalue weighted by molar-refractivity contribution is -0.120. The quantitative estimate of drug-likeness (QED) is 0.372. The number of piperidine rings is 1. The molecule has 4 heterocycles. The third-order valence-corrected chi connectivity index (χ3v) is 10.3. The Morgan fingerprint density at radius 2 is 2.03 bits per heavy atom.